The number of carbonyl (C=O) groups is 1. The molecule has 1 fully saturated rings. The van der Waals surface area contributed by atoms with Gasteiger partial charge in [-0.2, -0.15) is 0 Å². The van der Waals surface area contributed by atoms with Crippen LogP contribution in [-0.4, -0.2) is 32.2 Å². The highest BCUT2D eigenvalue weighted by molar-refractivity contribution is 5.85. The topological polar surface area (TPSA) is 53.2 Å². The Bertz CT molecular complexity index is 148. The summed E-state index contributed by atoms with van der Waals surface area (Å²) in [6.07, 6.45) is 3.70. The van der Waals surface area contributed by atoms with Gasteiger partial charge in [0.05, 0.1) is 0 Å². The van der Waals surface area contributed by atoms with Crippen LogP contribution in [0.15, 0.2) is 0 Å². The monoisotopic (exact) mass is 207 g/mol. The largest absolute Gasteiger partial charge is 0.341 e. The Morgan fingerprint density at radius 3 is 2.85 bits per heavy atom. The summed E-state index contributed by atoms with van der Waals surface area (Å²) in [5.74, 6) is 0. The smallest absolute Gasteiger partial charge is 0.314 e. The Morgan fingerprint density at radius 1 is 1.54 bits per heavy atom. The SMILES string of the molecule is CNC(=O)NCC1CCCCN1.Cl. The summed E-state index contributed by atoms with van der Waals surface area (Å²) in [6.45, 7) is 1.82. The maximum absolute atomic E-state index is 10.8. The van der Waals surface area contributed by atoms with Crippen LogP contribution in [0.2, 0.25) is 0 Å². The number of amides is 2. The van der Waals surface area contributed by atoms with Crippen LogP contribution in [0.4, 0.5) is 4.79 Å². The Labute approximate surface area is 85.3 Å². The number of halogens is 1. The molecular formula is C8H18ClN3O. The van der Waals surface area contributed by atoms with E-state index in [0.717, 1.165) is 13.1 Å². The van der Waals surface area contributed by atoms with E-state index >= 15 is 0 Å². The van der Waals surface area contributed by atoms with E-state index < -0.39 is 0 Å². The van der Waals surface area contributed by atoms with Crippen molar-refractivity contribution in [3.8, 4) is 0 Å². The van der Waals surface area contributed by atoms with Crippen LogP contribution in [0.3, 0.4) is 0 Å². The summed E-state index contributed by atoms with van der Waals surface area (Å²) in [7, 11) is 1.63. The van der Waals surface area contributed by atoms with Gasteiger partial charge in [-0.15, -0.1) is 12.4 Å². The fraction of sp³-hybridized carbons (Fsp3) is 0.875. The Balaban J connectivity index is 0.00000144. The standard InChI is InChI=1S/C8H17N3O.ClH/c1-9-8(12)11-6-7-4-2-3-5-10-7;/h7,10H,2-6H2,1H3,(H2,9,11,12);1H. The van der Waals surface area contributed by atoms with Gasteiger partial charge >= 0.3 is 6.03 Å². The number of piperidine rings is 1. The predicted octanol–water partition coefficient (Wildman–Crippen LogP) is 0.479. The van der Waals surface area contributed by atoms with Crippen LogP contribution >= 0.6 is 12.4 Å². The molecule has 0 bridgehead atoms. The van der Waals surface area contributed by atoms with E-state index in [4.69, 9.17) is 0 Å². The lowest BCUT2D eigenvalue weighted by atomic mass is 10.1. The van der Waals surface area contributed by atoms with Gasteiger partial charge in [-0.05, 0) is 19.4 Å². The van der Waals surface area contributed by atoms with Gasteiger partial charge in [0.2, 0.25) is 0 Å². The lowest BCUT2D eigenvalue weighted by Crippen LogP contribution is -2.45. The molecule has 1 saturated heterocycles. The molecule has 3 N–H and O–H groups in total. The van der Waals surface area contributed by atoms with E-state index in [1.807, 2.05) is 0 Å². The Hall–Kier alpha value is -0.480. The van der Waals surface area contributed by atoms with Gasteiger partial charge in [-0.25, -0.2) is 4.79 Å². The molecule has 5 heteroatoms. The minimum atomic E-state index is -0.0950. The van der Waals surface area contributed by atoms with E-state index in [0.29, 0.717) is 6.04 Å². The molecule has 1 aliphatic rings. The molecule has 1 aliphatic heterocycles. The first-order valence-electron chi connectivity index (χ1n) is 4.52. The summed E-state index contributed by atoms with van der Waals surface area (Å²) in [6, 6.07) is 0.374. The molecule has 4 nitrogen and oxygen atoms in total. The van der Waals surface area contributed by atoms with Gasteiger partial charge in [0, 0.05) is 19.6 Å². The van der Waals surface area contributed by atoms with E-state index in [-0.39, 0.29) is 18.4 Å². The third-order valence-corrected chi connectivity index (χ3v) is 2.15. The number of rotatable bonds is 2. The molecule has 0 aromatic heterocycles. The maximum Gasteiger partial charge on any atom is 0.314 e. The number of hydrogen-bond acceptors (Lipinski definition) is 2. The molecule has 0 saturated carbocycles. The summed E-state index contributed by atoms with van der Waals surface area (Å²) in [4.78, 5) is 10.8. The second-order valence-electron chi connectivity index (χ2n) is 3.11. The summed E-state index contributed by atoms with van der Waals surface area (Å²) < 4.78 is 0. The van der Waals surface area contributed by atoms with Crippen LogP contribution in [0.25, 0.3) is 0 Å². The minimum Gasteiger partial charge on any atom is -0.341 e. The van der Waals surface area contributed by atoms with Crippen molar-refractivity contribution >= 4 is 18.4 Å². The van der Waals surface area contributed by atoms with Crippen LogP contribution in [-0.2, 0) is 0 Å². The van der Waals surface area contributed by atoms with Crippen LogP contribution < -0.4 is 16.0 Å². The van der Waals surface area contributed by atoms with E-state index in [9.17, 15) is 4.79 Å². The van der Waals surface area contributed by atoms with Crippen molar-refractivity contribution in [2.45, 2.75) is 25.3 Å². The predicted molar refractivity (Wildman–Crippen MR) is 55.3 cm³/mol. The molecule has 1 rings (SSSR count). The van der Waals surface area contributed by atoms with Crippen molar-refractivity contribution in [1.82, 2.24) is 16.0 Å². The van der Waals surface area contributed by atoms with Crippen molar-refractivity contribution in [2.24, 2.45) is 0 Å². The van der Waals surface area contributed by atoms with Crippen molar-refractivity contribution < 1.29 is 4.79 Å². The highest BCUT2D eigenvalue weighted by Crippen LogP contribution is 2.05. The first kappa shape index (κ1) is 12.5. The summed E-state index contributed by atoms with van der Waals surface area (Å²) in [5.41, 5.74) is 0. The fourth-order valence-electron chi connectivity index (χ4n) is 1.40. The van der Waals surface area contributed by atoms with Gasteiger partial charge in [0.15, 0.2) is 0 Å². The quantitative estimate of drug-likeness (QED) is 0.617. The zero-order valence-electron chi connectivity index (χ0n) is 7.93. The molecule has 0 aromatic rings. The van der Waals surface area contributed by atoms with Crippen molar-refractivity contribution in [1.29, 1.82) is 0 Å². The zero-order valence-corrected chi connectivity index (χ0v) is 8.75. The van der Waals surface area contributed by atoms with E-state index in [2.05, 4.69) is 16.0 Å². The van der Waals surface area contributed by atoms with Crippen LogP contribution in [0.1, 0.15) is 19.3 Å². The van der Waals surface area contributed by atoms with Gasteiger partial charge in [0.1, 0.15) is 0 Å². The second kappa shape index (κ2) is 6.97. The molecule has 2 amide bonds. The number of urea groups is 1. The molecule has 0 spiro atoms. The molecule has 1 heterocycles. The van der Waals surface area contributed by atoms with Crippen molar-refractivity contribution in [3.05, 3.63) is 0 Å². The average molecular weight is 208 g/mol. The van der Waals surface area contributed by atoms with Crippen molar-refractivity contribution in [2.75, 3.05) is 20.1 Å². The van der Waals surface area contributed by atoms with Gasteiger partial charge in [-0.1, -0.05) is 6.42 Å². The molecule has 1 unspecified atom stereocenters. The third kappa shape index (κ3) is 4.95. The van der Waals surface area contributed by atoms with Crippen LogP contribution in [0.5, 0.6) is 0 Å². The van der Waals surface area contributed by atoms with E-state index in [1.54, 1.807) is 7.05 Å². The maximum atomic E-state index is 10.8. The van der Waals surface area contributed by atoms with E-state index in [1.165, 1.54) is 19.3 Å². The highest BCUT2D eigenvalue weighted by Gasteiger charge is 2.12. The molecular weight excluding hydrogens is 190 g/mol. The Morgan fingerprint density at radius 2 is 2.31 bits per heavy atom. The van der Waals surface area contributed by atoms with Gasteiger partial charge in [0.25, 0.3) is 0 Å². The average Bonchev–Trinajstić information content (AvgIpc) is 2.16. The number of nitrogens with one attached hydrogen (secondary N) is 3. The number of hydrogen-bond donors (Lipinski definition) is 3. The Kier molecular flexibility index (Phi) is 6.72. The first-order valence-corrected chi connectivity index (χ1v) is 4.52. The first-order chi connectivity index (χ1) is 5.83. The molecule has 78 valence electrons. The lowest BCUT2D eigenvalue weighted by Gasteiger charge is -2.23. The molecule has 13 heavy (non-hydrogen) atoms. The van der Waals surface area contributed by atoms with Crippen LogP contribution in [0, 0.1) is 0 Å². The minimum absolute atomic E-state index is 0. The van der Waals surface area contributed by atoms with Crippen molar-refractivity contribution in [3.63, 3.8) is 0 Å². The zero-order chi connectivity index (χ0) is 8.81. The second-order valence-corrected chi connectivity index (χ2v) is 3.11. The number of carbonyl (C=O) groups excluding carboxylic acids is 1. The third-order valence-electron chi connectivity index (χ3n) is 2.15. The molecule has 0 radical (unpaired) electrons. The fourth-order valence-corrected chi connectivity index (χ4v) is 1.40. The van der Waals surface area contributed by atoms with Gasteiger partial charge in [-0.3, -0.25) is 0 Å². The summed E-state index contributed by atoms with van der Waals surface area (Å²) >= 11 is 0. The molecule has 0 aromatic carbocycles. The van der Waals surface area contributed by atoms with Gasteiger partial charge < -0.3 is 16.0 Å². The normalized spacial score (nSPS) is 21.5. The molecule has 0 aliphatic carbocycles. The lowest BCUT2D eigenvalue weighted by molar-refractivity contribution is 0.240. The summed E-state index contributed by atoms with van der Waals surface area (Å²) in [5, 5.41) is 8.67. The molecule has 1 atom stereocenters. The highest BCUT2D eigenvalue weighted by atomic mass is 35.5.